The van der Waals surface area contributed by atoms with Crippen molar-refractivity contribution in [2.45, 2.75) is 374 Å². The van der Waals surface area contributed by atoms with Gasteiger partial charge < -0.3 is 9.11 Å². The zero-order chi connectivity index (χ0) is 53.2. The van der Waals surface area contributed by atoms with Crippen LogP contribution in [0.4, 0.5) is 0 Å². The van der Waals surface area contributed by atoms with Crippen molar-refractivity contribution in [1.29, 1.82) is 0 Å². The van der Waals surface area contributed by atoms with Crippen LogP contribution >= 0.6 is 0 Å². The molecular formula is C62H126CaO8S2. The fourth-order valence-electron chi connectivity index (χ4n) is 10.4. The minimum absolute atomic E-state index is 0. The van der Waals surface area contributed by atoms with Crippen LogP contribution in [0.3, 0.4) is 0 Å². The molecule has 0 rings (SSSR count). The topological polar surface area (TPSA) is 133 Å². The summed E-state index contributed by atoms with van der Waals surface area (Å²) in [6, 6.07) is 0. The van der Waals surface area contributed by atoms with E-state index in [0.717, 1.165) is 51.4 Å². The molecule has 73 heavy (non-hydrogen) atoms. The van der Waals surface area contributed by atoms with Gasteiger partial charge >= 0.3 is 37.7 Å². The van der Waals surface area contributed by atoms with E-state index >= 15 is 0 Å². The number of hydrogen-bond donors (Lipinski definition) is 0. The van der Waals surface area contributed by atoms with Gasteiger partial charge in [0.1, 0.15) is 0 Å². The van der Waals surface area contributed by atoms with Crippen molar-refractivity contribution in [3.63, 3.8) is 0 Å². The molecule has 0 amide bonds. The van der Waals surface area contributed by atoms with Gasteiger partial charge in [0.05, 0.1) is 13.2 Å². The normalized spacial score (nSPS) is 12.7. The van der Waals surface area contributed by atoms with Crippen LogP contribution in [-0.2, 0) is 29.2 Å². The molecule has 0 spiro atoms. The first-order valence-electron chi connectivity index (χ1n) is 32.2. The Labute approximate surface area is 488 Å². The number of unbranched alkanes of at least 4 members (excludes halogenated alkanes) is 46. The van der Waals surface area contributed by atoms with Crippen molar-refractivity contribution in [1.82, 2.24) is 0 Å². The van der Waals surface area contributed by atoms with E-state index in [0.29, 0.717) is 0 Å². The first-order chi connectivity index (χ1) is 35.0. The Morgan fingerprint density at radius 3 is 0.493 bits per heavy atom. The third kappa shape index (κ3) is 73.0. The molecule has 0 aliphatic heterocycles. The van der Waals surface area contributed by atoms with Crippen LogP contribution in [0.15, 0.2) is 0 Å². The number of hydrogen-bond acceptors (Lipinski definition) is 8. The molecule has 2 unspecified atom stereocenters. The molecule has 0 bridgehead atoms. The molecule has 0 saturated carbocycles. The molecule has 0 aromatic rings. The van der Waals surface area contributed by atoms with Crippen molar-refractivity contribution in [2.75, 3.05) is 13.2 Å². The fourth-order valence-corrected chi connectivity index (χ4v) is 11.1. The van der Waals surface area contributed by atoms with Crippen LogP contribution in [0.1, 0.15) is 374 Å². The first kappa shape index (κ1) is 78.2. The van der Waals surface area contributed by atoms with E-state index in [9.17, 15) is 25.9 Å². The monoisotopic (exact) mass is 1100 g/mol. The average Bonchev–Trinajstić information content (AvgIpc) is 3.35. The maximum absolute atomic E-state index is 10.9. The van der Waals surface area contributed by atoms with Crippen LogP contribution in [0, 0.1) is 11.8 Å². The third-order valence-corrected chi connectivity index (χ3v) is 16.1. The van der Waals surface area contributed by atoms with E-state index in [4.69, 9.17) is 0 Å². The van der Waals surface area contributed by atoms with Crippen LogP contribution in [0.2, 0.25) is 0 Å². The van der Waals surface area contributed by atoms with E-state index in [2.05, 4.69) is 36.1 Å². The second-order valence-electron chi connectivity index (χ2n) is 22.5. The molecule has 0 radical (unpaired) electrons. The zero-order valence-corrected chi connectivity index (χ0v) is 53.4. The summed E-state index contributed by atoms with van der Waals surface area (Å²) in [7, 11) is -9.16. The second kappa shape index (κ2) is 63.8. The predicted octanol–water partition coefficient (Wildman–Crippen LogP) is 20.9. The van der Waals surface area contributed by atoms with Crippen LogP contribution in [0.5, 0.6) is 0 Å². The molecule has 0 aromatic carbocycles. The van der Waals surface area contributed by atoms with Gasteiger partial charge in [-0.3, -0.25) is 8.37 Å². The van der Waals surface area contributed by atoms with Gasteiger partial charge in [0.25, 0.3) is 0 Å². The van der Waals surface area contributed by atoms with Gasteiger partial charge in [-0.2, -0.15) is 0 Å². The van der Waals surface area contributed by atoms with Crippen molar-refractivity contribution >= 4 is 58.5 Å². The van der Waals surface area contributed by atoms with Gasteiger partial charge in [-0.25, -0.2) is 16.8 Å². The second-order valence-corrected chi connectivity index (χ2v) is 24.6. The maximum Gasteiger partial charge on any atom is 2.00 e. The summed E-state index contributed by atoms with van der Waals surface area (Å²) in [5.41, 5.74) is 0. The van der Waals surface area contributed by atoms with Crippen LogP contribution < -0.4 is 0 Å². The van der Waals surface area contributed by atoms with Crippen LogP contribution in [0.25, 0.3) is 0 Å². The Balaban J connectivity index is -0.00000132. The molecule has 0 fully saturated rings. The van der Waals surface area contributed by atoms with E-state index in [1.165, 1.54) is 295 Å². The van der Waals surface area contributed by atoms with Crippen LogP contribution in [-0.4, -0.2) is 76.9 Å². The standard InChI is InChI=1S/2C31H64O4S.Ca/c2*1-3-5-7-9-11-13-14-15-16-17-18-19-21-23-25-27-29-31(30-35-36(32,33)34)28-26-24-22-20-12-10-8-6-4-2;/h2*31H,3-30H2,1-2H3,(H,32,33,34);/q;;+2/p-2. The largest absolute Gasteiger partial charge is 2.00 e. The average molecular weight is 1100 g/mol. The summed E-state index contributed by atoms with van der Waals surface area (Å²) in [5.74, 6) is 0.398. The summed E-state index contributed by atoms with van der Waals surface area (Å²) < 4.78 is 74.7. The molecule has 2 atom stereocenters. The summed E-state index contributed by atoms with van der Waals surface area (Å²) in [4.78, 5) is 0. The van der Waals surface area contributed by atoms with E-state index < -0.39 is 20.8 Å². The van der Waals surface area contributed by atoms with Crippen molar-refractivity contribution in [2.24, 2.45) is 11.8 Å². The fraction of sp³-hybridized carbons (Fsp3) is 1.00. The molecule has 0 aliphatic carbocycles. The number of rotatable bonds is 60. The van der Waals surface area contributed by atoms with E-state index in [1.54, 1.807) is 0 Å². The molecular weight excluding hydrogens is 977 g/mol. The minimum Gasteiger partial charge on any atom is -0.726 e. The molecule has 0 heterocycles. The van der Waals surface area contributed by atoms with Gasteiger partial charge in [-0.15, -0.1) is 0 Å². The van der Waals surface area contributed by atoms with Gasteiger partial charge in [0.15, 0.2) is 0 Å². The van der Waals surface area contributed by atoms with Gasteiger partial charge in [0.2, 0.25) is 20.8 Å². The molecule has 0 N–H and O–H groups in total. The third-order valence-electron chi connectivity index (χ3n) is 15.3. The molecule has 11 heteroatoms. The van der Waals surface area contributed by atoms with E-state index in [1.807, 2.05) is 0 Å². The van der Waals surface area contributed by atoms with Gasteiger partial charge in [0, 0.05) is 0 Å². The Hall–Kier alpha value is 1.000. The Morgan fingerprint density at radius 2 is 0.370 bits per heavy atom. The molecule has 0 saturated heterocycles. The van der Waals surface area contributed by atoms with Gasteiger partial charge in [-0.05, 0) is 37.5 Å². The van der Waals surface area contributed by atoms with Gasteiger partial charge in [-0.1, -0.05) is 349 Å². The SMILES string of the molecule is CCCCCCCCCCCCCCCCCCC(CCCCCCCCCCC)COS(=O)(=O)[O-].CCCCCCCCCCCCCCCCCCC(CCCCCCCCCCC)COS(=O)(=O)[O-].[Ca+2]. The zero-order valence-electron chi connectivity index (χ0n) is 49.5. The van der Waals surface area contributed by atoms with Crippen molar-refractivity contribution in [3.05, 3.63) is 0 Å². The van der Waals surface area contributed by atoms with E-state index in [-0.39, 0.29) is 62.8 Å². The minimum atomic E-state index is -4.58. The summed E-state index contributed by atoms with van der Waals surface area (Å²) in [6.07, 6.45) is 70.4. The summed E-state index contributed by atoms with van der Waals surface area (Å²) in [6.45, 7) is 9.19. The predicted molar refractivity (Wildman–Crippen MR) is 316 cm³/mol. The summed E-state index contributed by atoms with van der Waals surface area (Å²) in [5, 5.41) is 0. The molecule has 436 valence electrons. The Bertz CT molecular complexity index is 1140. The Morgan fingerprint density at radius 1 is 0.247 bits per heavy atom. The Kier molecular flexibility index (Phi) is 68.4. The molecule has 0 aromatic heterocycles. The van der Waals surface area contributed by atoms with Crippen molar-refractivity contribution < 1.29 is 34.3 Å². The molecule has 0 aliphatic rings. The maximum atomic E-state index is 10.9. The smallest absolute Gasteiger partial charge is 0.726 e. The molecule has 8 nitrogen and oxygen atoms in total. The summed E-state index contributed by atoms with van der Waals surface area (Å²) >= 11 is 0. The van der Waals surface area contributed by atoms with Crippen molar-refractivity contribution in [3.8, 4) is 0 Å². The quantitative estimate of drug-likeness (QED) is 0.0254. The first-order valence-corrected chi connectivity index (χ1v) is 34.9.